The van der Waals surface area contributed by atoms with E-state index >= 15 is 0 Å². The standard InChI is InChI=1S/C15H22N4S/c1-3-6-12(13-7-5-11-20-13)18-14-8-10-17-15(19-14)16-9-4-2/h5,7-8,10-12H,3-4,6,9H2,1-2H3,(H2,16,17,18,19). The number of aromatic nitrogens is 2. The van der Waals surface area contributed by atoms with Crippen LogP contribution >= 0.6 is 11.3 Å². The molecule has 0 saturated carbocycles. The van der Waals surface area contributed by atoms with Gasteiger partial charge in [0.25, 0.3) is 0 Å². The van der Waals surface area contributed by atoms with E-state index in [0.29, 0.717) is 12.0 Å². The molecule has 0 fully saturated rings. The third kappa shape index (κ3) is 4.20. The molecule has 0 aromatic carbocycles. The van der Waals surface area contributed by atoms with Crippen LogP contribution < -0.4 is 10.6 Å². The van der Waals surface area contributed by atoms with Crippen LogP contribution in [0.25, 0.3) is 0 Å². The smallest absolute Gasteiger partial charge is 0.224 e. The third-order valence-electron chi connectivity index (χ3n) is 2.97. The van der Waals surface area contributed by atoms with Crippen molar-refractivity contribution in [2.45, 2.75) is 39.2 Å². The summed E-state index contributed by atoms with van der Waals surface area (Å²) in [6, 6.07) is 6.52. The number of thiophene rings is 1. The van der Waals surface area contributed by atoms with Crippen molar-refractivity contribution in [2.24, 2.45) is 0 Å². The maximum absolute atomic E-state index is 4.51. The molecule has 0 saturated heterocycles. The molecule has 2 aromatic rings. The van der Waals surface area contributed by atoms with Gasteiger partial charge in [-0.05, 0) is 30.4 Å². The van der Waals surface area contributed by atoms with Gasteiger partial charge in [0, 0.05) is 17.6 Å². The fraction of sp³-hybridized carbons (Fsp3) is 0.467. The van der Waals surface area contributed by atoms with Gasteiger partial charge in [0.2, 0.25) is 5.95 Å². The fourth-order valence-corrected chi connectivity index (χ4v) is 2.82. The van der Waals surface area contributed by atoms with Gasteiger partial charge in [-0.3, -0.25) is 0 Å². The molecule has 2 heterocycles. The van der Waals surface area contributed by atoms with Gasteiger partial charge in [-0.15, -0.1) is 11.3 Å². The Bertz CT molecular complexity index is 498. The Labute approximate surface area is 124 Å². The van der Waals surface area contributed by atoms with Gasteiger partial charge in [-0.25, -0.2) is 4.98 Å². The average molecular weight is 290 g/mol. The lowest BCUT2D eigenvalue weighted by atomic mass is 10.1. The maximum atomic E-state index is 4.51. The van der Waals surface area contributed by atoms with Gasteiger partial charge in [0.05, 0.1) is 6.04 Å². The quantitative estimate of drug-likeness (QED) is 0.760. The highest BCUT2D eigenvalue weighted by molar-refractivity contribution is 7.10. The normalized spacial score (nSPS) is 12.1. The van der Waals surface area contributed by atoms with E-state index in [1.807, 2.05) is 6.07 Å². The first-order chi connectivity index (χ1) is 9.83. The highest BCUT2D eigenvalue weighted by Gasteiger charge is 2.12. The SMILES string of the molecule is CCCNc1nccc(NC(CCC)c2cccs2)n1. The van der Waals surface area contributed by atoms with Crippen molar-refractivity contribution in [1.29, 1.82) is 0 Å². The van der Waals surface area contributed by atoms with Crippen LogP contribution in [0.5, 0.6) is 0 Å². The largest absolute Gasteiger partial charge is 0.362 e. The summed E-state index contributed by atoms with van der Waals surface area (Å²) in [4.78, 5) is 10.1. The second kappa shape index (κ2) is 7.85. The van der Waals surface area contributed by atoms with Gasteiger partial charge >= 0.3 is 0 Å². The summed E-state index contributed by atoms with van der Waals surface area (Å²) in [6.07, 6.45) is 5.10. The molecular formula is C15H22N4S. The molecule has 5 heteroatoms. The zero-order valence-corrected chi connectivity index (χ0v) is 12.9. The summed E-state index contributed by atoms with van der Waals surface area (Å²) in [7, 11) is 0. The predicted molar refractivity (Wildman–Crippen MR) is 86.4 cm³/mol. The number of rotatable bonds is 8. The van der Waals surface area contributed by atoms with Crippen LogP contribution in [-0.2, 0) is 0 Å². The molecule has 0 aliphatic heterocycles. The molecule has 2 N–H and O–H groups in total. The molecule has 0 aliphatic rings. The Morgan fingerprint density at radius 2 is 2.15 bits per heavy atom. The molecule has 1 unspecified atom stereocenters. The molecule has 2 aromatic heterocycles. The summed E-state index contributed by atoms with van der Waals surface area (Å²) in [5.74, 6) is 1.57. The zero-order valence-electron chi connectivity index (χ0n) is 12.1. The van der Waals surface area contributed by atoms with Crippen LogP contribution in [0.3, 0.4) is 0 Å². The fourth-order valence-electron chi connectivity index (χ4n) is 2.00. The van der Waals surface area contributed by atoms with Crippen molar-refractivity contribution < 1.29 is 0 Å². The molecule has 0 aliphatic carbocycles. The minimum Gasteiger partial charge on any atom is -0.362 e. The van der Waals surface area contributed by atoms with Crippen molar-refractivity contribution in [3.05, 3.63) is 34.7 Å². The Morgan fingerprint density at radius 3 is 2.85 bits per heavy atom. The number of nitrogens with one attached hydrogen (secondary N) is 2. The lowest BCUT2D eigenvalue weighted by Crippen LogP contribution is -2.12. The first-order valence-corrected chi connectivity index (χ1v) is 8.08. The van der Waals surface area contributed by atoms with Crippen molar-refractivity contribution in [1.82, 2.24) is 9.97 Å². The summed E-state index contributed by atoms with van der Waals surface area (Å²) in [5.41, 5.74) is 0. The minimum absolute atomic E-state index is 0.328. The van der Waals surface area contributed by atoms with E-state index < -0.39 is 0 Å². The molecule has 0 spiro atoms. The van der Waals surface area contributed by atoms with Gasteiger partial charge in [-0.1, -0.05) is 26.3 Å². The molecule has 108 valence electrons. The maximum Gasteiger partial charge on any atom is 0.224 e. The molecule has 2 rings (SSSR count). The van der Waals surface area contributed by atoms with Crippen molar-refractivity contribution in [3.63, 3.8) is 0 Å². The predicted octanol–water partition coefficient (Wildman–Crippen LogP) is 4.31. The van der Waals surface area contributed by atoms with Gasteiger partial charge < -0.3 is 10.6 Å². The molecule has 0 radical (unpaired) electrons. The Hall–Kier alpha value is -1.62. The number of hydrogen-bond donors (Lipinski definition) is 2. The molecule has 4 nitrogen and oxygen atoms in total. The van der Waals surface area contributed by atoms with Crippen molar-refractivity contribution in [3.8, 4) is 0 Å². The molecule has 0 amide bonds. The average Bonchev–Trinajstić information content (AvgIpc) is 2.99. The highest BCUT2D eigenvalue weighted by atomic mass is 32.1. The van der Waals surface area contributed by atoms with Crippen LogP contribution in [0.1, 0.15) is 44.0 Å². The summed E-state index contributed by atoms with van der Waals surface area (Å²) < 4.78 is 0. The van der Waals surface area contributed by atoms with Gasteiger partial charge in [0.1, 0.15) is 5.82 Å². The number of hydrogen-bond acceptors (Lipinski definition) is 5. The first kappa shape index (κ1) is 14.8. The van der Waals surface area contributed by atoms with E-state index in [2.05, 4.69) is 52.0 Å². The summed E-state index contributed by atoms with van der Waals surface area (Å²) in [5, 5.41) is 8.85. The van der Waals surface area contributed by atoms with E-state index in [0.717, 1.165) is 31.6 Å². The third-order valence-corrected chi connectivity index (χ3v) is 3.96. The van der Waals surface area contributed by atoms with Crippen molar-refractivity contribution in [2.75, 3.05) is 17.2 Å². The molecule has 20 heavy (non-hydrogen) atoms. The first-order valence-electron chi connectivity index (χ1n) is 7.20. The van der Waals surface area contributed by atoms with E-state index in [1.54, 1.807) is 17.5 Å². The number of anilines is 2. The van der Waals surface area contributed by atoms with Crippen LogP contribution in [0.2, 0.25) is 0 Å². The second-order valence-corrected chi connectivity index (χ2v) is 5.67. The monoisotopic (exact) mass is 290 g/mol. The highest BCUT2D eigenvalue weighted by Crippen LogP contribution is 2.26. The topological polar surface area (TPSA) is 49.8 Å². The molecule has 0 bridgehead atoms. The lowest BCUT2D eigenvalue weighted by molar-refractivity contribution is 0.684. The van der Waals surface area contributed by atoms with E-state index in [1.165, 1.54) is 4.88 Å². The minimum atomic E-state index is 0.328. The van der Waals surface area contributed by atoms with Crippen LogP contribution in [0, 0.1) is 0 Å². The van der Waals surface area contributed by atoms with Crippen LogP contribution in [-0.4, -0.2) is 16.5 Å². The van der Waals surface area contributed by atoms with E-state index in [9.17, 15) is 0 Å². The molecular weight excluding hydrogens is 268 g/mol. The Balaban J connectivity index is 2.06. The van der Waals surface area contributed by atoms with E-state index in [-0.39, 0.29) is 0 Å². The number of nitrogens with zero attached hydrogens (tertiary/aromatic N) is 2. The second-order valence-electron chi connectivity index (χ2n) is 4.69. The van der Waals surface area contributed by atoms with Crippen LogP contribution in [0.4, 0.5) is 11.8 Å². The van der Waals surface area contributed by atoms with E-state index in [4.69, 9.17) is 0 Å². The van der Waals surface area contributed by atoms with Crippen LogP contribution in [0.15, 0.2) is 29.8 Å². The summed E-state index contributed by atoms with van der Waals surface area (Å²) >= 11 is 1.79. The Kier molecular flexibility index (Phi) is 5.80. The lowest BCUT2D eigenvalue weighted by Gasteiger charge is -2.17. The zero-order chi connectivity index (χ0) is 14.2. The summed E-state index contributed by atoms with van der Waals surface area (Å²) in [6.45, 7) is 5.23. The van der Waals surface area contributed by atoms with Gasteiger partial charge in [-0.2, -0.15) is 4.98 Å². The van der Waals surface area contributed by atoms with Crippen molar-refractivity contribution >= 4 is 23.1 Å². The van der Waals surface area contributed by atoms with Gasteiger partial charge in [0.15, 0.2) is 0 Å². The Morgan fingerprint density at radius 1 is 1.25 bits per heavy atom. The molecule has 1 atom stereocenters.